The molecule has 3 heterocycles. The van der Waals surface area contributed by atoms with E-state index in [1.165, 1.54) is 6.42 Å². The van der Waals surface area contributed by atoms with E-state index in [0.717, 1.165) is 31.2 Å². The van der Waals surface area contributed by atoms with Crippen LogP contribution in [0.5, 0.6) is 0 Å². The Labute approximate surface area is 112 Å². The van der Waals surface area contributed by atoms with Gasteiger partial charge in [0, 0.05) is 6.04 Å². The average Bonchev–Trinajstić information content (AvgIpc) is 1.87. The molecule has 0 aromatic carbocycles. The van der Waals surface area contributed by atoms with Crippen molar-refractivity contribution in [2.45, 2.75) is 38.4 Å². The first-order valence-corrected chi connectivity index (χ1v) is 4.19. The van der Waals surface area contributed by atoms with E-state index in [1.807, 2.05) is 0 Å². The summed E-state index contributed by atoms with van der Waals surface area (Å²) in [6.45, 7) is 6.75. The number of piperazine rings is 1. The van der Waals surface area contributed by atoms with Gasteiger partial charge in [-0.3, -0.25) is 4.90 Å². The van der Waals surface area contributed by atoms with Crippen LogP contribution in [0.25, 0.3) is 5.32 Å². The van der Waals surface area contributed by atoms with Gasteiger partial charge in [0.25, 0.3) is 0 Å². The van der Waals surface area contributed by atoms with Gasteiger partial charge < -0.3 is 5.32 Å². The molecule has 0 saturated carbocycles. The molecule has 0 spiro atoms. The van der Waals surface area contributed by atoms with E-state index in [2.05, 4.69) is 24.1 Å². The molecule has 3 aliphatic heterocycles. The van der Waals surface area contributed by atoms with Crippen LogP contribution in [-0.4, -0.2) is 36.1 Å². The van der Waals surface area contributed by atoms with Crippen molar-refractivity contribution in [3.8, 4) is 0 Å². The number of rotatable bonds is 1. The van der Waals surface area contributed by atoms with Gasteiger partial charge in [-0.15, -0.1) is 13.1 Å². The van der Waals surface area contributed by atoms with Crippen LogP contribution in [0.2, 0.25) is 0 Å². The van der Waals surface area contributed by atoms with Gasteiger partial charge in [0.15, 0.2) is 0 Å². The first-order valence-electron chi connectivity index (χ1n) is 4.19. The topological polar surface area (TPSA) is 17.3 Å². The zero-order valence-corrected chi connectivity index (χ0v) is 10.9. The maximum Gasteiger partial charge on any atom is 1.00 e. The van der Waals surface area contributed by atoms with E-state index < -0.39 is 0 Å². The Bertz CT molecular complexity index is 124. The molecule has 3 rings (SSSR count). The molecule has 0 N–H and O–H groups in total. The number of nitrogens with zero attached hydrogens (tertiary/aromatic N) is 2. The largest absolute Gasteiger partial charge is 1.00 e. The van der Waals surface area contributed by atoms with Crippen molar-refractivity contribution in [3.05, 3.63) is 5.32 Å². The molecule has 2 bridgehead atoms. The average molecular weight is 178 g/mol. The van der Waals surface area contributed by atoms with Crippen molar-refractivity contribution < 1.29 is 51.4 Å². The third-order valence-corrected chi connectivity index (χ3v) is 2.66. The van der Waals surface area contributed by atoms with Gasteiger partial charge in [-0.25, -0.2) is 0 Å². The summed E-state index contributed by atoms with van der Waals surface area (Å²) >= 11 is 0. The SMILES string of the molecule is CC(C)N1C2C[N-]CC1C2.[K+]. The summed E-state index contributed by atoms with van der Waals surface area (Å²) in [6.07, 6.45) is 1.40. The number of fused-ring (bicyclic) bond motifs is 2. The second kappa shape index (κ2) is 4.18. The van der Waals surface area contributed by atoms with E-state index >= 15 is 0 Å². The standard InChI is InChI=1S/C8H15N2.K/c1-6(2)10-7-3-8(10)5-9-4-7;/h6-8H,3-5H2,1-2H3;/q-1;+1. The van der Waals surface area contributed by atoms with Crippen LogP contribution in [-0.2, 0) is 0 Å². The van der Waals surface area contributed by atoms with E-state index in [0.29, 0.717) is 0 Å². The van der Waals surface area contributed by atoms with Gasteiger partial charge in [-0.1, -0.05) is 0 Å². The molecule has 3 saturated heterocycles. The molecule has 2 nitrogen and oxygen atoms in total. The quantitative estimate of drug-likeness (QED) is 0.434. The summed E-state index contributed by atoms with van der Waals surface area (Å²) in [6, 6.07) is 2.34. The fourth-order valence-corrected chi connectivity index (χ4v) is 2.27. The van der Waals surface area contributed by atoms with Gasteiger partial charge in [-0.2, -0.15) is 0 Å². The molecule has 0 aromatic rings. The van der Waals surface area contributed by atoms with Crippen molar-refractivity contribution in [2.75, 3.05) is 13.1 Å². The summed E-state index contributed by atoms with van der Waals surface area (Å²) in [5.74, 6) is 0. The van der Waals surface area contributed by atoms with Crippen molar-refractivity contribution in [3.63, 3.8) is 0 Å². The van der Waals surface area contributed by atoms with E-state index in [1.54, 1.807) is 0 Å². The second-order valence-corrected chi connectivity index (χ2v) is 3.67. The molecule has 3 aliphatic rings. The van der Waals surface area contributed by atoms with Crippen LogP contribution in [0.3, 0.4) is 0 Å². The predicted octanol–water partition coefficient (Wildman–Crippen LogP) is -1.77. The molecule has 0 aromatic heterocycles. The van der Waals surface area contributed by atoms with E-state index in [9.17, 15) is 0 Å². The summed E-state index contributed by atoms with van der Waals surface area (Å²) in [4.78, 5) is 2.60. The molecule has 3 fully saturated rings. The summed E-state index contributed by atoms with van der Waals surface area (Å²) < 4.78 is 0. The maximum absolute atomic E-state index is 4.40. The molecule has 58 valence electrons. The fourth-order valence-electron chi connectivity index (χ4n) is 2.27. The Morgan fingerprint density at radius 3 is 2.09 bits per heavy atom. The second-order valence-electron chi connectivity index (χ2n) is 3.67. The normalized spacial score (nSPS) is 36.3. The fraction of sp³-hybridized carbons (Fsp3) is 1.00. The Morgan fingerprint density at radius 1 is 1.27 bits per heavy atom. The number of piperidine rings is 1. The molecule has 2 unspecified atom stereocenters. The first kappa shape index (κ1) is 10.6. The minimum atomic E-state index is 0. The number of hydrogen-bond donors (Lipinski definition) is 0. The van der Waals surface area contributed by atoms with Crippen LogP contribution in [0.1, 0.15) is 20.3 Å². The van der Waals surface area contributed by atoms with Gasteiger partial charge in [0.05, 0.1) is 0 Å². The zero-order chi connectivity index (χ0) is 7.14. The molecular weight excluding hydrogens is 163 g/mol. The molecule has 11 heavy (non-hydrogen) atoms. The predicted molar refractivity (Wildman–Crippen MR) is 42.3 cm³/mol. The first-order chi connectivity index (χ1) is 4.79. The van der Waals surface area contributed by atoms with Crippen LogP contribution >= 0.6 is 0 Å². The maximum atomic E-state index is 4.40. The molecular formula is C8H15KN2. The molecule has 0 radical (unpaired) electrons. The third-order valence-electron chi connectivity index (χ3n) is 2.66. The molecule has 3 heteroatoms. The van der Waals surface area contributed by atoms with Crippen molar-refractivity contribution in [2.24, 2.45) is 0 Å². The van der Waals surface area contributed by atoms with E-state index in [-0.39, 0.29) is 51.4 Å². The molecule has 0 aliphatic carbocycles. The summed E-state index contributed by atoms with van der Waals surface area (Å²) in [5.41, 5.74) is 0. The minimum Gasteiger partial charge on any atom is -0.660 e. The Kier molecular flexibility index (Phi) is 4.04. The zero-order valence-electron chi connectivity index (χ0n) is 7.75. The van der Waals surface area contributed by atoms with Crippen molar-refractivity contribution >= 4 is 0 Å². The molecule has 2 atom stereocenters. The Balaban J connectivity index is 0.000000605. The van der Waals surface area contributed by atoms with Gasteiger partial charge in [-0.05, 0) is 32.4 Å². The third kappa shape index (κ3) is 1.90. The monoisotopic (exact) mass is 178 g/mol. The summed E-state index contributed by atoms with van der Waals surface area (Å²) in [7, 11) is 0. The minimum absolute atomic E-state index is 0. The Morgan fingerprint density at radius 2 is 1.82 bits per heavy atom. The van der Waals surface area contributed by atoms with Crippen LogP contribution < -0.4 is 51.4 Å². The summed E-state index contributed by atoms with van der Waals surface area (Å²) in [5, 5.41) is 4.40. The van der Waals surface area contributed by atoms with Crippen LogP contribution in [0, 0.1) is 0 Å². The van der Waals surface area contributed by atoms with Crippen molar-refractivity contribution in [1.82, 2.24) is 4.90 Å². The van der Waals surface area contributed by atoms with Gasteiger partial charge in [0.1, 0.15) is 0 Å². The van der Waals surface area contributed by atoms with Gasteiger partial charge >= 0.3 is 51.4 Å². The van der Waals surface area contributed by atoms with Gasteiger partial charge in [0.2, 0.25) is 0 Å². The van der Waals surface area contributed by atoms with Crippen LogP contribution in [0.15, 0.2) is 0 Å². The smallest absolute Gasteiger partial charge is 0.660 e. The molecule has 0 amide bonds. The van der Waals surface area contributed by atoms with Crippen LogP contribution in [0.4, 0.5) is 0 Å². The van der Waals surface area contributed by atoms with E-state index in [4.69, 9.17) is 0 Å². The number of hydrogen-bond acceptors (Lipinski definition) is 1. The Hall–Kier alpha value is 1.56. The van der Waals surface area contributed by atoms with Crippen molar-refractivity contribution in [1.29, 1.82) is 0 Å².